The molecule has 0 saturated heterocycles. The number of ether oxygens (including phenoxy) is 1. The molecule has 14 heteroatoms. The van der Waals surface area contributed by atoms with Gasteiger partial charge in [0.25, 0.3) is 5.91 Å². The number of halogens is 4. The predicted molar refractivity (Wildman–Crippen MR) is 123 cm³/mol. The summed E-state index contributed by atoms with van der Waals surface area (Å²) in [5.74, 6) is -1.04. The molecule has 0 unspecified atom stereocenters. The average molecular weight is 515 g/mol. The van der Waals surface area contributed by atoms with Gasteiger partial charge in [0.2, 0.25) is 0 Å². The van der Waals surface area contributed by atoms with Crippen LogP contribution in [0, 0.1) is 5.82 Å². The van der Waals surface area contributed by atoms with Gasteiger partial charge < -0.3 is 20.7 Å². The zero-order valence-corrected chi connectivity index (χ0v) is 18.9. The van der Waals surface area contributed by atoms with Gasteiger partial charge in [0, 0.05) is 25.4 Å². The minimum atomic E-state index is -4.66. The third-order valence-electron chi connectivity index (χ3n) is 4.86. The van der Waals surface area contributed by atoms with Crippen LogP contribution in [0.1, 0.15) is 16.1 Å². The lowest BCUT2D eigenvalue weighted by atomic mass is 10.1. The van der Waals surface area contributed by atoms with E-state index in [9.17, 15) is 27.2 Å². The summed E-state index contributed by atoms with van der Waals surface area (Å²) in [4.78, 5) is 28.1. The van der Waals surface area contributed by atoms with E-state index in [1.807, 2.05) is 0 Å². The maximum absolute atomic E-state index is 14.7. The third-order valence-corrected chi connectivity index (χ3v) is 4.86. The molecule has 0 saturated carbocycles. The maximum Gasteiger partial charge on any atom is 0.416 e. The molecule has 10 nitrogen and oxygen atoms in total. The maximum atomic E-state index is 14.7. The number of hydrogen-bond acceptors (Lipinski definition) is 6. The van der Waals surface area contributed by atoms with Crippen LogP contribution in [0.2, 0.25) is 0 Å². The molecule has 4 aromatic rings. The van der Waals surface area contributed by atoms with Crippen LogP contribution in [0.3, 0.4) is 0 Å². The van der Waals surface area contributed by atoms with E-state index in [1.165, 1.54) is 49.9 Å². The average Bonchev–Trinajstić information content (AvgIpc) is 3.39. The first kappa shape index (κ1) is 25.1. The smallest absolute Gasteiger partial charge is 0.416 e. The van der Waals surface area contributed by atoms with Crippen molar-refractivity contribution in [1.82, 2.24) is 25.3 Å². The Morgan fingerprint density at radius 2 is 1.70 bits per heavy atom. The van der Waals surface area contributed by atoms with Crippen LogP contribution >= 0.6 is 0 Å². The van der Waals surface area contributed by atoms with Crippen molar-refractivity contribution in [3.8, 4) is 17.2 Å². The molecular formula is C23H17F4N7O3. The lowest BCUT2D eigenvalue weighted by Crippen LogP contribution is -2.22. The van der Waals surface area contributed by atoms with Crippen LogP contribution in [-0.4, -0.2) is 39.0 Å². The van der Waals surface area contributed by atoms with Crippen LogP contribution < -0.4 is 20.7 Å². The Balaban J connectivity index is 1.50. The van der Waals surface area contributed by atoms with Crippen molar-refractivity contribution in [1.29, 1.82) is 0 Å². The van der Waals surface area contributed by atoms with Gasteiger partial charge in [-0.3, -0.25) is 9.78 Å². The van der Waals surface area contributed by atoms with Crippen molar-refractivity contribution in [2.45, 2.75) is 6.18 Å². The van der Waals surface area contributed by atoms with Gasteiger partial charge in [0.15, 0.2) is 0 Å². The van der Waals surface area contributed by atoms with Crippen LogP contribution in [0.25, 0.3) is 5.69 Å². The van der Waals surface area contributed by atoms with E-state index in [-0.39, 0.29) is 34.3 Å². The molecule has 0 atom stereocenters. The number of amides is 3. The van der Waals surface area contributed by atoms with Gasteiger partial charge in [0.1, 0.15) is 23.0 Å². The summed E-state index contributed by atoms with van der Waals surface area (Å²) in [5, 5.41) is 14.3. The summed E-state index contributed by atoms with van der Waals surface area (Å²) in [6.45, 7) is 0. The summed E-state index contributed by atoms with van der Waals surface area (Å²) in [6, 6.07) is 8.04. The Hall–Kier alpha value is -5.01. The van der Waals surface area contributed by atoms with E-state index in [0.717, 1.165) is 28.9 Å². The van der Waals surface area contributed by atoms with Crippen LogP contribution in [0.15, 0.2) is 67.1 Å². The Morgan fingerprint density at radius 3 is 2.38 bits per heavy atom. The number of pyridine rings is 1. The summed E-state index contributed by atoms with van der Waals surface area (Å²) in [6.07, 6.45) is -0.625. The summed E-state index contributed by atoms with van der Waals surface area (Å²) in [5.41, 5.74) is -1.30. The minimum Gasteiger partial charge on any atom is -0.457 e. The van der Waals surface area contributed by atoms with Crippen molar-refractivity contribution in [3.63, 3.8) is 0 Å². The first-order valence-electron chi connectivity index (χ1n) is 10.5. The van der Waals surface area contributed by atoms with Crippen LogP contribution in [0.5, 0.6) is 11.5 Å². The molecule has 0 fully saturated rings. The van der Waals surface area contributed by atoms with Gasteiger partial charge in [-0.05, 0) is 36.4 Å². The molecule has 0 aliphatic carbocycles. The highest BCUT2D eigenvalue weighted by molar-refractivity contribution is 6.01. The topological polar surface area (TPSA) is 123 Å². The van der Waals surface area contributed by atoms with Crippen molar-refractivity contribution in [2.24, 2.45) is 0 Å². The number of urea groups is 1. The Morgan fingerprint density at radius 1 is 0.946 bits per heavy atom. The number of aromatic nitrogens is 4. The summed E-state index contributed by atoms with van der Waals surface area (Å²) >= 11 is 0. The summed E-state index contributed by atoms with van der Waals surface area (Å²) < 4.78 is 61.0. The number of anilines is 2. The molecule has 2 heterocycles. The van der Waals surface area contributed by atoms with Crippen molar-refractivity contribution in [2.75, 3.05) is 17.7 Å². The largest absolute Gasteiger partial charge is 0.457 e. The molecule has 2 aromatic heterocycles. The Labute approximate surface area is 206 Å². The van der Waals surface area contributed by atoms with Gasteiger partial charge in [-0.15, -0.1) is 5.10 Å². The van der Waals surface area contributed by atoms with Gasteiger partial charge in [0.05, 0.1) is 35.0 Å². The zero-order chi connectivity index (χ0) is 26.6. The first-order valence-corrected chi connectivity index (χ1v) is 10.5. The first-order chi connectivity index (χ1) is 17.6. The van der Waals surface area contributed by atoms with Gasteiger partial charge in [-0.1, -0.05) is 5.21 Å². The van der Waals surface area contributed by atoms with E-state index in [4.69, 9.17) is 4.74 Å². The number of alkyl halides is 3. The molecule has 2 aromatic carbocycles. The minimum absolute atomic E-state index is 0.0591. The molecular weight excluding hydrogens is 498 g/mol. The van der Waals surface area contributed by atoms with E-state index in [2.05, 4.69) is 31.2 Å². The fraction of sp³-hybridized carbons (Fsp3) is 0.0870. The highest BCUT2D eigenvalue weighted by Gasteiger charge is 2.31. The van der Waals surface area contributed by atoms with E-state index >= 15 is 0 Å². The van der Waals surface area contributed by atoms with E-state index in [0.29, 0.717) is 0 Å². The lowest BCUT2D eigenvalue weighted by Gasteiger charge is -2.15. The van der Waals surface area contributed by atoms with Crippen LogP contribution in [0.4, 0.5) is 33.7 Å². The Kier molecular flexibility index (Phi) is 6.99. The fourth-order valence-electron chi connectivity index (χ4n) is 3.15. The quantitative estimate of drug-likeness (QED) is 0.322. The number of rotatable bonds is 6. The molecule has 37 heavy (non-hydrogen) atoms. The van der Waals surface area contributed by atoms with E-state index < -0.39 is 29.5 Å². The number of hydrogen-bond donors (Lipinski definition) is 3. The SMILES string of the molecule is CNC(=O)c1cc(Oc2ccc(NC(=O)Nc3cc(C(F)(F)F)ccc3-n3ccnn3)c(F)c2)ccn1. The number of carbonyl (C=O) groups is 2. The van der Waals surface area contributed by atoms with Gasteiger partial charge in [-0.25, -0.2) is 13.9 Å². The number of carbonyl (C=O) groups excluding carboxylic acids is 2. The van der Waals surface area contributed by atoms with E-state index in [1.54, 1.807) is 0 Å². The summed E-state index contributed by atoms with van der Waals surface area (Å²) in [7, 11) is 1.44. The molecule has 3 amide bonds. The molecule has 0 aliphatic rings. The highest BCUT2D eigenvalue weighted by Crippen LogP contribution is 2.33. The number of benzene rings is 2. The van der Waals surface area contributed by atoms with Crippen LogP contribution in [-0.2, 0) is 6.18 Å². The van der Waals surface area contributed by atoms with Gasteiger partial charge in [-0.2, -0.15) is 13.2 Å². The second-order valence-corrected chi connectivity index (χ2v) is 7.36. The molecule has 4 rings (SSSR count). The van der Waals surface area contributed by atoms with Crippen molar-refractivity contribution in [3.05, 3.63) is 84.2 Å². The Bertz CT molecular complexity index is 1440. The number of nitrogens with zero attached hydrogens (tertiary/aromatic N) is 4. The molecule has 0 radical (unpaired) electrons. The zero-order valence-electron chi connectivity index (χ0n) is 18.9. The van der Waals surface area contributed by atoms with Crippen molar-refractivity contribution < 1.29 is 31.9 Å². The second kappa shape index (κ2) is 10.3. The molecule has 0 bridgehead atoms. The fourth-order valence-corrected chi connectivity index (χ4v) is 3.15. The predicted octanol–water partition coefficient (Wildman–Crippen LogP) is 4.62. The normalized spacial score (nSPS) is 11.1. The lowest BCUT2D eigenvalue weighted by molar-refractivity contribution is -0.137. The second-order valence-electron chi connectivity index (χ2n) is 7.36. The number of nitrogens with one attached hydrogen (secondary N) is 3. The third kappa shape index (κ3) is 5.98. The molecule has 190 valence electrons. The molecule has 3 N–H and O–H groups in total. The van der Waals surface area contributed by atoms with Crippen molar-refractivity contribution >= 4 is 23.3 Å². The molecule has 0 aliphatic heterocycles. The van der Waals surface area contributed by atoms with Gasteiger partial charge >= 0.3 is 12.2 Å². The molecule has 0 spiro atoms. The standard InChI is InChI=1S/C23H17F4N7O3/c1-28-21(35)19-12-15(6-7-29-19)37-14-3-4-17(16(24)11-14)31-22(36)32-18-10-13(23(25,26)27)2-5-20(18)34-9-8-30-33-34/h2-12H,1H3,(H,28,35)(H2,31,32,36). The monoisotopic (exact) mass is 515 g/mol. The highest BCUT2D eigenvalue weighted by atomic mass is 19.4.